The number of nitrogens with one attached hydrogen (secondary N) is 1. The van der Waals surface area contributed by atoms with Gasteiger partial charge in [0, 0.05) is 13.0 Å². The summed E-state index contributed by atoms with van der Waals surface area (Å²) >= 11 is 0. The fraction of sp³-hybridized carbons (Fsp3) is 0.364. The molecule has 0 saturated heterocycles. The van der Waals surface area contributed by atoms with Crippen LogP contribution in [0.3, 0.4) is 0 Å². The van der Waals surface area contributed by atoms with E-state index in [2.05, 4.69) is 19.2 Å². The van der Waals surface area contributed by atoms with Crippen molar-refractivity contribution in [2.75, 3.05) is 13.7 Å². The highest BCUT2D eigenvalue weighted by molar-refractivity contribution is 7.90. The minimum atomic E-state index is -3.91. The van der Waals surface area contributed by atoms with Crippen molar-refractivity contribution < 1.29 is 22.7 Å². The summed E-state index contributed by atoms with van der Waals surface area (Å²) < 4.78 is 31.2. The quantitative estimate of drug-likeness (QED) is 0.695. The summed E-state index contributed by atoms with van der Waals surface area (Å²) in [5.41, 5.74) is 1.09. The number of sulfonamides is 1. The first-order valence-electron chi connectivity index (χ1n) is 9.83. The lowest BCUT2D eigenvalue weighted by Gasteiger charge is -2.22. The van der Waals surface area contributed by atoms with Gasteiger partial charge in [-0.25, -0.2) is 12.7 Å². The third kappa shape index (κ3) is 4.48. The van der Waals surface area contributed by atoms with Gasteiger partial charge >= 0.3 is 0 Å². The highest BCUT2D eigenvalue weighted by Crippen LogP contribution is 2.30. The van der Waals surface area contributed by atoms with Crippen molar-refractivity contribution in [3.63, 3.8) is 0 Å². The summed E-state index contributed by atoms with van der Waals surface area (Å²) in [7, 11) is -2.32. The van der Waals surface area contributed by atoms with Gasteiger partial charge in [0.1, 0.15) is 10.6 Å². The lowest BCUT2D eigenvalue weighted by atomic mass is 9.96. The van der Waals surface area contributed by atoms with Gasteiger partial charge in [-0.05, 0) is 42.2 Å². The number of carbonyl (C=O) groups excluding carboxylic acids is 2. The van der Waals surface area contributed by atoms with Gasteiger partial charge in [-0.15, -0.1) is 0 Å². The minimum Gasteiger partial charge on any atom is -0.497 e. The Balaban J connectivity index is 1.68. The Morgan fingerprint density at radius 3 is 2.37 bits per heavy atom. The van der Waals surface area contributed by atoms with Crippen LogP contribution in [0.25, 0.3) is 0 Å². The number of nitrogens with zero attached hydrogens (tertiary/aromatic N) is 1. The molecule has 2 aromatic rings. The van der Waals surface area contributed by atoms with E-state index >= 15 is 0 Å². The second-order valence-corrected chi connectivity index (χ2v) is 9.48. The first kappa shape index (κ1) is 21.8. The molecule has 0 radical (unpaired) electrons. The van der Waals surface area contributed by atoms with Crippen molar-refractivity contribution in [2.45, 2.75) is 37.6 Å². The van der Waals surface area contributed by atoms with E-state index < -0.39 is 15.9 Å². The molecule has 0 spiro atoms. The van der Waals surface area contributed by atoms with Gasteiger partial charge in [0.05, 0.1) is 18.7 Å². The summed E-state index contributed by atoms with van der Waals surface area (Å²) in [6.45, 7) is 3.93. The van der Waals surface area contributed by atoms with Gasteiger partial charge in [-0.1, -0.05) is 38.1 Å². The molecule has 0 fully saturated rings. The molecule has 0 bridgehead atoms. The summed E-state index contributed by atoms with van der Waals surface area (Å²) in [6, 6.07) is 13.3. The van der Waals surface area contributed by atoms with Crippen LogP contribution in [0.2, 0.25) is 0 Å². The number of rotatable bonds is 8. The Morgan fingerprint density at radius 2 is 1.77 bits per heavy atom. The summed E-state index contributed by atoms with van der Waals surface area (Å²) in [4.78, 5) is 25.1. The maximum Gasteiger partial charge on any atom is 0.269 e. The maximum atomic E-state index is 12.6. The molecule has 1 atom stereocenters. The fourth-order valence-corrected chi connectivity index (χ4v) is 5.08. The zero-order valence-electron chi connectivity index (χ0n) is 17.3. The van der Waals surface area contributed by atoms with E-state index in [9.17, 15) is 18.0 Å². The van der Waals surface area contributed by atoms with Gasteiger partial charge in [0.25, 0.3) is 15.9 Å². The van der Waals surface area contributed by atoms with E-state index in [1.807, 2.05) is 24.3 Å². The lowest BCUT2D eigenvalue weighted by Crippen LogP contribution is -2.36. The summed E-state index contributed by atoms with van der Waals surface area (Å²) in [5.74, 6) is 0.167. The van der Waals surface area contributed by atoms with Crippen molar-refractivity contribution >= 4 is 21.8 Å². The zero-order valence-corrected chi connectivity index (χ0v) is 18.1. The number of methoxy groups -OCH3 is 1. The number of carbonyl (C=O) groups is 2. The standard InChI is InChI=1S/C22H26N2O5S/c1-15(2)14-19(16-8-10-17(29-3)11-9-16)23-21(25)12-13-24-22(26)18-6-4-5-7-20(18)30(24,27)28/h4-11,15,19H,12-14H2,1-3H3,(H,23,25)/t19-/m0/s1. The van der Waals surface area contributed by atoms with Crippen molar-refractivity contribution in [3.05, 3.63) is 59.7 Å². The molecule has 3 rings (SSSR count). The number of ether oxygens (including phenoxy) is 1. The third-order valence-electron chi connectivity index (χ3n) is 5.01. The van der Waals surface area contributed by atoms with Gasteiger partial charge in [0.2, 0.25) is 5.91 Å². The molecule has 7 nitrogen and oxygen atoms in total. The monoisotopic (exact) mass is 430 g/mol. The zero-order chi connectivity index (χ0) is 21.9. The number of amides is 2. The number of benzene rings is 2. The van der Waals surface area contributed by atoms with Crippen LogP contribution in [-0.2, 0) is 14.8 Å². The highest BCUT2D eigenvalue weighted by atomic mass is 32.2. The number of hydrogen-bond donors (Lipinski definition) is 1. The van der Waals surface area contributed by atoms with E-state index in [4.69, 9.17) is 4.74 Å². The van der Waals surface area contributed by atoms with Crippen LogP contribution in [0.4, 0.5) is 0 Å². The predicted octanol–water partition coefficient (Wildman–Crippen LogP) is 3.13. The smallest absolute Gasteiger partial charge is 0.269 e. The molecular formula is C22H26N2O5S. The van der Waals surface area contributed by atoms with Crippen LogP contribution in [0.1, 0.15) is 48.7 Å². The average Bonchev–Trinajstić information content (AvgIpc) is 2.91. The molecule has 0 unspecified atom stereocenters. The molecule has 8 heteroatoms. The Bertz CT molecular complexity index is 1030. The molecule has 0 aromatic heterocycles. The molecular weight excluding hydrogens is 404 g/mol. The number of hydrogen-bond acceptors (Lipinski definition) is 5. The highest BCUT2D eigenvalue weighted by Gasteiger charge is 2.40. The van der Waals surface area contributed by atoms with E-state index in [0.717, 1.165) is 22.0 Å². The second kappa shape index (κ2) is 8.87. The van der Waals surface area contributed by atoms with Crippen LogP contribution in [0, 0.1) is 5.92 Å². The first-order valence-corrected chi connectivity index (χ1v) is 11.3. The van der Waals surface area contributed by atoms with Crippen LogP contribution < -0.4 is 10.1 Å². The van der Waals surface area contributed by atoms with E-state index in [1.165, 1.54) is 12.1 Å². The molecule has 0 aliphatic carbocycles. The lowest BCUT2D eigenvalue weighted by molar-refractivity contribution is -0.122. The van der Waals surface area contributed by atoms with E-state index in [0.29, 0.717) is 5.92 Å². The second-order valence-electron chi connectivity index (χ2n) is 7.65. The maximum absolute atomic E-state index is 12.6. The normalized spacial score (nSPS) is 15.7. The fourth-order valence-electron chi connectivity index (χ4n) is 3.51. The van der Waals surface area contributed by atoms with Gasteiger partial charge in [-0.2, -0.15) is 0 Å². The molecule has 30 heavy (non-hydrogen) atoms. The van der Waals surface area contributed by atoms with Crippen LogP contribution >= 0.6 is 0 Å². The SMILES string of the molecule is COc1ccc([C@H](CC(C)C)NC(=O)CCN2C(=O)c3ccccc3S2(=O)=O)cc1. The minimum absolute atomic E-state index is 0.00803. The Morgan fingerprint density at radius 1 is 1.10 bits per heavy atom. The van der Waals surface area contributed by atoms with Crippen LogP contribution in [0.15, 0.2) is 53.4 Å². The Labute approximate surface area is 177 Å². The predicted molar refractivity (Wildman–Crippen MR) is 113 cm³/mol. The van der Waals surface area contributed by atoms with E-state index in [-0.39, 0.29) is 35.4 Å². The van der Waals surface area contributed by atoms with Gasteiger partial charge in [0.15, 0.2) is 0 Å². The Hall–Kier alpha value is -2.87. The van der Waals surface area contributed by atoms with Crippen LogP contribution in [0.5, 0.6) is 5.75 Å². The first-order chi connectivity index (χ1) is 14.2. The summed E-state index contributed by atoms with van der Waals surface area (Å²) in [5, 5.41) is 2.98. The van der Waals surface area contributed by atoms with Crippen molar-refractivity contribution in [1.29, 1.82) is 0 Å². The topological polar surface area (TPSA) is 92.8 Å². The van der Waals surface area contributed by atoms with Gasteiger partial charge in [-0.3, -0.25) is 9.59 Å². The largest absolute Gasteiger partial charge is 0.497 e. The average molecular weight is 431 g/mol. The third-order valence-corrected chi connectivity index (χ3v) is 6.85. The van der Waals surface area contributed by atoms with E-state index in [1.54, 1.807) is 19.2 Å². The Kier molecular flexibility index (Phi) is 6.45. The molecule has 160 valence electrons. The van der Waals surface area contributed by atoms with Gasteiger partial charge < -0.3 is 10.1 Å². The van der Waals surface area contributed by atoms with Crippen molar-refractivity contribution in [1.82, 2.24) is 9.62 Å². The molecule has 1 aliphatic rings. The molecule has 1 heterocycles. The van der Waals surface area contributed by atoms with Crippen molar-refractivity contribution in [3.8, 4) is 5.75 Å². The molecule has 2 amide bonds. The molecule has 2 aromatic carbocycles. The molecule has 1 N–H and O–H groups in total. The van der Waals surface area contributed by atoms with Crippen LogP contribution in [-0.4, -0.2) is 38.2 Å². The molecule has 1 aliphatic heterocycles. The number of fused-ring (bicyclic) bond motifs is 1. The molecule has 0 saturated carbocycles. The summed E-state index contributed by atoms with van der Waals surface area (Å²) in [6.07, 6.45) is 0.619. The van der Waals surface area contributed by atoms with Crippen molar-refractivity contribution in [2.24, 2.45) is 5.92 Å².